The van der Waals surface area contributed by atoms with E-state index in [2.05, 4.69) is 23.1 Å². The molecule has 0 aromatic carbocycles. The van der Waals surface area contributed by atoms with E-state index in [4.69, 9.17) is 5.11 Å². The van der Waals surface area contributed by atoms with Gasteiger partial charge in [0.15, 0.2) is 0 Å². The Morgan fingerprint density at radius 2 is 2.19 bits per heavy atom. The van der Waals surface area contributed by atoms with Gasteiger partial charge in [0, 0.05) is 19.8 Å². The minimum absolute atomic E-state index is 0.257. The van der Waals surface area contributed by atoms with Crippen molar-refractivity contribution in [2.24, 2.45) is 7.05 Å². The molecule has 1 rings (SSSR count). The largest absolute Gasteiger partial charge is 0.395 e. The van der Waals surface area contributed by atoms with Crippen molar-refractivity contribution in [2.45, 2.75) is 26.2 Å². The number of hydrogen-bond acceptors (Lipinski definition) is 3. The Morgan fingerprint density at radius 3 is 2.75 bits per heavy atom. The van der Waals surface area contributed by atoms with Gasteiger partial charge in [-0.2, -0.15) is 5.10 Å². The van der Waals surface area contributed by atoms with Gasteiger partial charge in [-0.1, -0.05) is 6.92 Å². The zero-order chi connectivity index (χ0) is 11.8. The lowest BCUT2D eigenvalue weighted by molar-refractivity contribution is 0.194. The van der Waals surface area contributed by atoms with Crippen LogP contribution in [0.1, 0.15) is 25.3 Å². The average Bonchev–Trinajstić information content (AvgIpc) is 2.65. The average molecular weight is 225 g/mol. The highest BCUT2D eigenvalue weighted by Crippen LogP contribution is 2.02. The fraction of sp³-hybridized carbons (Fsp3) is 0.750. The zero-order valence-electron chi connectivity index (χ0n) is 10.4. The van der Waals surface area contributed by atoms with Crippen LogP contribution >= 0.6 is 0 Å². The zero-order valence-corrected chi connectivity index (χ0v) is 10.4. The van der Waals surface area contributed by atoms with Crippen molar-refractivity contribution in [2.75, 3.05) is 26.2 Å². The third-order valence-corrected chi connectivity index (χ3v) is 2.65. The van der Waals surface area contributed by atoms with E-state index in [9.17, 15) is 0 Å². The predicted octanol–water partition coefficient (Wildman–Crippen LogP) is 1.06. The second-order valence-electron chi connectivity index (χ2n) is 4.19. The summed E-state index contributed by atoms with van der Waals surface area (Å²) in [6.45, 7) is 5.36. The number of nitrogens with zero attached hydrogens (tertiary/aromatic N) is 3. The van der Waals surface area contributed by atoms with Crippen molar-refractivity contribution in [3.63, 3.8) is 0 Å². The van der Waals surface area contributed by atoms with Crippen molar-refractivity contribution >= 4 is 0 Å². The van der Waals surface area contributed by atoms with E-state index in [0.29, 0.717) is 0 Å². The molecule has 16 heavy (non-hydrogen) atoms. The van der Waals surface area contributed by atoms with E-state index in [1.807, 2.05) is 17.9 Å². The maximum atomic E-state index is 8.93. The highest BCUT2D eigenvalue weighted by atomic mass is 16.3. The topological polar surface area (TPSA) is 41.3 Å². The molecule has 0 aliphatic heterocycles. The van der Waals surface area contributed by atoms with Gasteiger partial charge in [0.25, 0.3) is 0 Å². The van der Waals surface area contributed by atoms with Crippen molar-refractivity contribution in [3.05, 3.63) is 18.0 Å². The Balaban J connectivity index is 2.21. The number of aromatic nitrogens is 2. The molecule has 4 nitrogen and oxygen atoms in total. The molecule has 0 spiro atoms. The summed E-state index contributed by atoms with van der Waals surface area (Å²) in [6.07, 6.45) is 7.34. The molecule has 4 heteroatoms. The van der Waals surface area contributed by atoms with Gasteiger partial charge in [0.05, 0.1) is 12.8 Å². The molecule has 0 saturated carbocycles. The van der Waals surface area contributed by atoms with Crippen LogP contribution in [0.15, 0.2) is 12.4 Å². The number of hydrogen-bond donors (Lipinski definition) is 1. The van der Waals surface area contributed by atoms with Crippen molar-refractivity contribution < 1.29 is 5.11 Å². The Bertz CT molecular complexity index is 280. The maximum absolute atomic E-state index is 8.93. The molecular formula is C12H23N3O. The summed E-state index contributed by atoms with van der Waals surface area (Å²) in [6, 6.07) is 0. The number of aliphatic hydroxyl groups excluding tert-OH is 1. The molecule has 92 valence electrons. The van der Waals surface area contributed by atoms with Crippen molar-refractivity contribution in [3.8, 4) is 0 Å². The molecule has 0 amide bonds. The van der Waals surface area contributed by atoms with Crippen LogP contribution in [0.25, 0.3) is 0 Å². The fourth-order valence-corrected chi connectivity index (χ4v) is 1.90. The summed E-state index contributed by atoms with van der Waals surface area (Å²) in [4.78, 5) is 2.32. The molecule has 1 N–H and O–H groups in total. The molecule has 0 unspecified atom stereocenters. The third-order valence-electron chi connectivity index (χ3n) is 2.65. The van der Waals surface area contributed by atoms with E-state index in [1.165, 1.54) is 5.56 Å². The highest BCUT2D eigenvalue weighted by molar-refractivity contribution is 5.03. The van der Waals surface area contributed by atoms with Crippen LogP contribution in [0.5, 0.6) is 0 Å². The summed E-state index contributed by atoms with van der Waals surface area (Å²) < 4.78 is 1.84. The van der Waals surface area contributed by atoms with Gasteiger partial charge in [0.1, 0.15) is 0 Å². The van der Waals surface area contributed by atoms with Crippen LogP contribution in [0, 0.1) is 0 Å². The Hall–Kier alpha value is -0.870. The van der Waals surface area contributed by atoms with Crippen molar-refractivity contribution in [1.82, 2.24) is 14.7 Å². The Labute approximate surface area is 97.9 Å². The normalized spacial score (nSPS) is 11.2. The van der Waals surface area contributed by atoms with Crippen LogP contribution in [-0.2, 0) is 13.5 Å². The maximum Gasteiger partial charge on any atom is 0.0558 e. The molecule has 1 aromatic heterocycles. The second kappa shape index (κ2) is 7.41. The fourth-order valence-electron chi connectivity index (χ4n) is 1.90. The van der Waals surface area contributed by atoms with E-state index in [-0.39, 0.29) is 6.61 Å². The molecule has 0 radical (unpaired) electrons. The molecule has 1 aromatic rings. The summed E-state index contributed by atoms with van der Waals surface area (Å²) >= 11 is 0. The second-order valence-corrected chi connectivity index (χ2v) is 4.19. The summed E-state index contributed by atoms with van der Waals surface area (Å²) in [5, 5.41) is 13.1. The molecule has 0 fully saturated rings. The molecule has 0 bridgehead atoms. The number of aliphatic hydroxyl groups is 1. The molecule has 1 heterocycles. The summed E-state index contributed by atoms with van der Waals surface area (Å²) in [5.41, 5.74) is 1.29. The van der Waals surface area contributed by atoms with Gasteiger partial charge in [-0.25, -0.2) is 0 Å². The van der Waals surface area contributed by atoms with Gasteiger partial charge in [0.2, 0.25) is 0 Å². The predicted molar refractivity (Wildman–Crippen MR) is 65.3 cm³/mol. The van der Waals surface area contributed by atoms with Crippen LogP contribution in [0.3, 0.4) is 0 Å². The lowest BCUT2D eigenvalue weighted by Crippen LogP contribution is -2.29. The van der Waals surface area contributed by atoms with Crippen molar-refractivity contribution in [1.29, 1.82) is 0 Å². The summed E-state index contributed by atoms with van der Waals surface area (Å²) in [5.74, 6) is 0. The van der Waals surface area contributed by atoms with Gasteiger partial charge in [-0.15, -0.1) is 0 Å². The lowest BCUT2D eigenvalue weighted by atomic mass is 10.2. The van der Waals surface area contributed by atoms with Gasteiger partial charge >= 0.3 is 0 Å². The SMILES string of the molecule is CCCN(CCO)CCCc1cnn(C)c1. The van der Waals surface area contributed by atoms with E-state index >= 15 is 0 Å². The first kappa shape index (κ1) is 13.2. The van der Waals surface area contributed by atoms with E-state index in [1.54, 1.807) is 0 Å². The molecule has 0 saturated heterocycles. The standard InChI is InChI=1S/C12H23N3O/c1-3-6-15(8-9-16)7-4-5-12-10-13-14(2)11-12/h10-11,16H,3-9H2,1-2H3. The first-order valence-corrected chi connectivity index (χ1v) is 6.07. The van der Waals surface area contributed by atoms with Gasteiger partial charge < -0.3 is 10.0 Å². The smallest absolute Gasteiger partial charge is 0.0558 e. The lowest BCUT2D eigenvalue weighted by Gasteiger charge is -2.19. The number of rotatable bonds is 8. The van der Waals surface area contributed by atoms with Crippen LogP contribution in [-0.4, -0.2) is 46.0 Å². The Morgan fingerprint density at radius 1 is 1.38 bits per heavy atom. The quantitative estimate of drug-likeness (QED) is 0.719. The third kappa shape index (κ3) is 4.77. The van der Waals surface area contributed by atoms with Gasteiger partial charge in [-0.3, -0.25) is 4.68 Å². The Kier molecular flexibility index (Phi) is 6.11. The van der Waals surface area contributed by atoms with E-state index in [0.717, 1.165) is 38.9 Å². The number of aryl methyl sites for hydroxylation is 2. The molecule has 0 aliphatic rings. The minimum atomic E-state index is 0.257. The first-order valence-electron chi connectivity index (χ1n) is 6.07. The van der Waals surface area contributed by atoms with Crippen LogP contribution in [0.4, 0.5) is 0 Å². The molecular weight excluding hydrogens is 202 g/mol. The van der Waals surface area contributed by atoms with Crippen LogP contribution < -0.4 is 0 Å². The van der Waals surface area contributed by atoms with Crippen LogP contribution in [0.2, 0.25) is 0 Å². The monoisotopic (exact) mass is 225 g/mol. The van der Waals surface area contributed by atoms with E-state index < -0.39 is 0 Å². The first-order chi connectivity index (χ1) is 7.76. The van der Waals surface area contributed by atoms with Gasteiger partial charge in [-0.05, 0) is 37.9 Å². The minimum Gasteiger partial charge on any atom is -0.395 e. The molecule has 0 aliphatic carbocycles. The summed E-state index contributed by atoms with van der Waals surface area (Å²) in [7, 11) is 1.94. The highest BCUT2D eigenvalue weighted by Gasteiger charge is 2.03. The molecule has 0 atom stereocenters.